The first-order valence-corrected chi connectivity index (χ1v) is 3.41. The lowest BCUT2D eigenvalue weighted by atomic mass is 10.4. The van der Waals surface area contributed by atoms with Crippen molar-refractivity contribution in [2.75, 3.05) is 20.0 Å². The van der Waals surface area contributed by atoms with E-state index in [0.717, 1.165) is 0 Å². The van der Waals surface area contributed by atoms with E-state index in [2.05, 4.69) is 9.97 Å². The van der Waals surface area contributed by atoms with E-state index < -0.39 is 0 Å². The predicted molar refractivity (Wildman–Crippen MR) is 44.3 cm³/mol. The molecule has 0 atom stereocenters. The Balaban J connectivity index is 3.19. The minimum absolute atomic E-state index is 0.263. The van der Waals surface area contributed by atoms with Crippen LogP contribution >= 0.6 is 0 Å². The molecular weight excluding hydrogens is 158 g/mol. The minimum atomic E-state index is 0.263. The third-order valence-electron chi connectivity index (χ3n) is 1.46. The van der Waals surface area contributed by atoms with E-state index in [-0.39, 0.29) is 6.01 Å². The summed E-state index contributed by atoms with van der Waals surface area (Å²) in [6.45, 7) is 1.77. The topological polar surface area (TPSA) is 70.3 Å². The number of hydrogen-bond acceptors (Lipinski definition) is 5. The second-order valence-electron chi connectivity index (χ2n) is 2.22. The van der Waals surface area contributed by atoms with Gasteiger partial charge in [0.1, 0.15) is 5.69 Å². The maximum absolute atomic E-state index is 5.61. The van der Waals surface area contributed by atoms with Crippen molar-refractivity contribution in [3.8, 4) is 11.9 Å². The van der Waals surface area contributed by atoms with Gasteiger partial charge in [-0.2, -0.15) is 9.97 Å². The zero-order valence-corrected chi connectivity index (χ0v) is 7.29. The summed E-state index contributed by atoms with van der Waals surface area (Å²) >= 11 is 0. The van der Waals surface area contributed by atoms with Crippen molar-refractivity contribution in [3.63, 3.8) is 0 Å². The average Bonchev–Trinajstić information content (AvgIpc) is 2.09. The first-order valence-electron chi connectivity index (χ1n) is 3.41. The first kappa shape index (κ1) is 8.58. The van der Waals surface area contributed by atoms with Gasteiger partial charge in [0, 0.05) is 0 Å². The van der Waals surface area contributed by atoms with Crippen LogP contribution in [0.15, 0.2) is 0 Å². The van der Waals surface area contributed by atoms with E-state index in [1.54, 1.807) is 6.92 Å². The van der Waals surface area contributed by atoms with Crippen LogP contribution in [0.4, 0.5) is 5.69 Å². The molecule has 1 aromatic rings. The highest BCUT2D eigenvalue weighted by Crippen LogP contribution is 2.22. The van der Waals surface area contributed by atoms with Crippen molar-refractivity contribution in [1.29, 1.82) is 0 Å². The van der Waals surface area contributed by atoms with Crippen LogP contribution in [0.5, 0.6) is 11.9 Å². The number of nitrogens with two attached hydrogens (primary N) is 1. The molecule has 5 heteroatoms. The molecule has 0 saturated carbocycles. The molecule has 0 saturated heterocycles. The summed E-state index contributed by atoms with van der Waals surface area (Å²) in [6.07, 6.45) is 0. The molecule has 0 spiro atoms. The molecule has 1 heterocycles. The zero-order chi connectivity index (χ0) is 9.14. The fourth-order valence-electron chi connectivity index (χ4n) is 0.777. The molecular formula is C7H11N3O2. The van der Waals surface area contributed by atoms with E-state index in [9.17, 15) is 0 Å². The molecule has 0 fully saturated rings. The summed E-state index contributed by atoms with van der Waals surface area (Å²) < 4.78 is 9.75. The van der Waals surface area contributed by atoms with E-state index in [1.807, 2.05) is 0 Å². The van der Waals surface area contributed by atoms with Crippen molar-refractivity contribution >= 4 is 5.69 Å². The van der Waals surface area contributed by atoms with Crippen LogP contribution in [0.2, 0.25) is 0 Å². The summed E-state index contributed by atoms with van der Waals surface area (Å²) in [4.78, 5) is 7.85. The Labute approximate surface area is 70.5 Å². The first-order chi connectivity index (χ1) is 5.69. The number of methoxy groups -OCH3 is 2. The van der Waals surface area contributed by atoms with Gasteiger partial charge < -0.3 is 15.2 Å². The van der Waals surface area contributed by atoms with Gasteiger partial charge in [-0.3, -0.25) is 0 Å². The number of nitrogen functional groups attached to an aromatic ring is 1. The Morgan fingerprint density at radius 2 is 1.83 bits per heavy atom. The van der Waals surface area contributed by atoms with E-state index in [4.69, 9.17) is 15.2 Å². The summed E-state index contributed by atoms with van der Waals surface area (Å²) in [5.74, 6) is 0.347. The SMILES string of the molecule is COc1nc(C)c(N)c(OC)n1. The molecule has 0 aromatic carbocycles. The summed E-state index contributed by atoms with van der Waals surface area (Å²) in [6, 6.07) is 0.263. The second-order valence-corrected chi connectivity index (χ2v) is 2.22. The van der Waals surface area contributed by atoms with Crippen molar-refractivity contribution in [2.24, 2.45) is 0 Å². The van der Waals surface area contributed by atoms with Crippen LogP contribution in [-0.2, 0) is 0 Å². The van der Waals surface area contributed by atoms with Gasteiger partial charge in [-0.05, 0) is 6.92 Å². The van der Waals surface area contributed by atoms with Gasteiger partial charge >= 0.3 is 6.01 Å². The highest BCUT2D eigenvalue weighted by Gasteiger charge is 2.08. The number of anilines is 1. The van der Waals surface area contributed by atoms with Gasteiger partial charge in [-0.25, -0.2) is 0 Å². The third kappa shape index (κ3) is 1.39. The van der Waals surface area contributed by atoms with Gasteiger partial charge in [0.2, 0.25) is 5.88 Å². The molecule has 12 heavy (non-hydrogen) atoms. The Hall–Kier alpha value is -1.52. The Morgan fingerprint density at radius 3 is 2.33 bits per heavy atom. The van der Waals surface area contributed by atoms with Crippen LogP contribution in [0.25, 0.3) is 0 Å². The van der Waals surface area contributed by atoms with Gasteiger partial charge in [0.05, 0.1) is 19.9 Å². The number of ether oxygens (including phenoxy) is 2. The maximum Gasteiger partial charge on any atom is 0.319 e. The van der Waals surface area contributed by atoms with Gasteiger partial charge in [0.25, 0.3) is 0 Å². The van der Waals surface area contributed by atoms with Crippen molar-refractivity contribution in [2.45, 2.75) is 6.92 Å². The Kier molecular flexibility index (Phi) is 2.32. The smallest absolute Gasteiger partial charge is 0.319 e. The highest BCUT2D eigenvalue weighted by atomic mass is 16.5. The number of hydrogen-bond donors (Lipinski definition) is 1. The van der Waals surface area contributed by atoms with Crippen LogP contribution in [0.1, 0.15) is 5.69 Å². The largest absolute Gasteiger partial charge is 0.479 e. The zero-order valence-electron chi connectivity index (χ0n) is 7.29. The Bertz CT molecular complexity index is 288. The Morgan fingerprint density at radius 1 is 1.17 bits per heavy atom. The van der Waals surface area contributed by atoms with E-state index >= 15 is 0 Å². The summed E-state index contributed by atoms with van der Waals surface area (Å²) in [5.41, 5.74) is 6.71. The van der Waals surface area contributed by atoms with Crippen LogP contribution in [0, 0.1) is 6.92 Å². The molecule has 0 aliphatic heterocycles. The van der Waals surface area contributed by atoms with Gasteiger partial charge in [0.15, 0.2) is 0 Å². The van der Waals surface area contributed by atoms with Crippen molar-refractivity contribution in [1.82, 2.24) is 9.97 Å². The summed E-state index contributed by atoms with van der Waals surface area (Å²) in [7, 11) is 2.99. The van der Waals surface area contributed by atoms with Crippen molar-refractivity contribution < 1.29 is 9.47 Å². The number of aryl methyl sites for hydroxylation is 1. The molecule has 0 amide bonds. The predicted octanol–water partition coefficient (Wildman–Crippen LogP) is 0.384. The van der Waals surface area contributed by atoms with Gasteiger partial charge in [-0.15, -0.1) is 0 Å². The number of nitrogens with zero attached hydrogens (tertiary/aromatic N) is 2. The molecule has 66 valence electrons. The van der Waals surface area contributed by atoms with Gasteiger partial charge in [-0.1, -0.05) is 0 Å². The second kappa shape index (κ2) is 3.25. The van der Waals surface area contributed by atoms with Crippen LogP contribution in [0.3, 0.4) is 0 Å². The molecule has 0 aliphatic carbocycles. The quantitative estimate of drug-likeness (QED) is 0.693. The maximum atomic E-state index is 5.61. The molecule has 1 aromatic heterocycles. The monoisotopic (exact) mass is 169 g/mol. The standard InChI is InChI=1S/C7H11N3O2/c1-4-5(8)6(11-2)10-7(9-4)12-3/h8H2,1-3H3. The lowest BCUT2D eigenvalue weighted by molar-refractivity contribution is 0.352. The molecule has 5 nitrogen and oxygen atoms in total. The summed E-state index contributed by atoms with van der Waals surface area (Å²) in [5, 5.41) is 0. The molecule has 0 aliphatic rings. The fraction of sp³-hybridized carbons (Fsp3) is 0.429. The van der Waals surface area contributed by atoms with Crippen LogP contribution in [-0.4, -0.2) is 24.2 Å². The number of aromatic nitrogens is 2. The molecule has 0 radical (unpaired) electrons. The highest BCUT2D eigenvalue weighted by molar-refractivity contribution is 5.51. The minimum Gasteiger partial charge on any atom is -0.479 e. The molecule has 0 unspecified atom stereocenters. The normalized spacial score (nSPS) is 9.58. The van der Waals surface area contributed by atoms with E-state index in [0.29, 0.717) is 17.3 Å². The third-order valence-corrected chi connectivity index (χ3v) is 1.46. The molecule has 2 N–H and O–H groups in total. The van der Waals surface area contributed by atoms with Crippen molar-refractivity contribution in [3.05, 3.63) is 5.69 Å². The van der Waals surface area contributed by atoms with E-state index in [1.165, 1.54) is 14.2 Å². The number of rotatable bonds is 2. The lowest BCUT2D eigenvalue weighted by Gasteiger charge is -2.06. The van der Waals surface area contributed by atoms with Crippen LogP contribution < -0.4 is 15.2 Å². The lowest BCUT2D eigenvalue weighted by Crippen LogP contribution is -2.02. The molecule has 0 bridgehead atoms. The molecule has 1 rings (SSSR count). The fourth-order valence-corrected chi connectivity index (χ4v) is 0.777. The average molecular weight is 169 g/mol.